The van der Waals surface area contributed by atoms with Crippen LogP contribution < -0.4 is 10.1 Å². The first-order valence-corrected chi connectivity index (χ1v) is 9.44. The first kappa shape index (κ1) is 19.6. The molecule has 2 aromatic carbocycles. The lowest BCUT2D eigenvalue weighted by Gasteiger charge is -2.17. The van der Waals surface area contributed by atoms with Gasteiger partial charge < -0.3 is 14.6 Å². The number of hydrogen-bond acceptors (Lipinski definition) is 5. The predicted octanol–water partition coefficient (Wildman–Crippen LogP) is 4.84. The van der Waals surface area contributed by atoms with Gasteiger partial charge in [-0.3, -0.25) is 4.79 Å². The Bertz CT molecular complexity index is 1220. The Labute approximate surface area is 172 Å². The number of halogens is 1. The van der Waals surface area contributed by atoms with E-state index >= 15 is 0 Å². The van der Waals surface area contributed by atoms with E-state index in [0.29, 0.717) is 33.7 Å². The van der Waals surface area contributed by atoms with Gasteiger partial charge in [0, 0.05) is 11.1 Å². The Morgan fingerprint density at radius 3 is 2.63 bits per heavy atom. The number of methoxy groups -OCH3 is 1. The number of nitrogens with zero attached hydrogens (tertiary/aromatic N) is 2. The minimum atomic E-state index is -0.348. The number of nitrogens with one attached hydrogen (secondary N) is 1. The fourth-order valence-corrected chi connectivity index (χ4v) is 3.42. The van der Waals surface area contributed by atoms with Crippen molar-refractivity contribution in [2.24, 2.45) is 0 Å². The van der Waals surface area contributed by atoms with Gasteiger partial charge in [-0.15, -0.1) is 0 Å². The average Bonchev–Trinajstić information content (AvgIpc) is 3.14. The standard InChI is InChI=1S/C23H20FN3O3/c1-13(17-6-4-5-7-20(17)29-3)25-22(28)18-12-19(15-8-10-16(24)11-9-15)26-23-21(18)14(2)27-30-23/h4-13H,1-3H3,(H,25,28)/t13-/m1/s1. The molecule has 152 valence electrons. The van der Waals surface area contributed by atoms with Crippen LogP contribution in [-0.4, -0.2) is 23.2 Å². The molecule has 0 spiro atoms. The highest BCUT2D eigenvalue weighted by Gasteiger charge is 2.22. The molecule has 4 aromatic rings. The number of benzene rings is 2. The number of fused-ring (bicyclic) bond motifs is 1. The Hall–Kier alpha value is -3.74. The number of carbonyl (C=O) groups excluding carboxylic acids is 1. The summed E-state index contributed by atoms with van der Waals surface area (Å²) in [5.74, 6) is 0.0488. The van der Waals surface area contributed by atoms with Gasteiger partial charge in [0.2, 0.25) is 0 Å². The van der Waals surface area contributed by atoms with E-state index in [9.17, 15) is 9.18 Å². The normalized spacial score (nSPS) is 12.0. The molecule has 0 aliphatic carbocycles. The molecule has 0 bridgehead atoms. The number of para-hydroxylation sites is 1. The number of hydrogen-bond donors (Lipinski definition) is 1. The number of aryl methyl sites for hydroxylation is 1. The van der Waals surface area contributed by atoms with Gasteiger partial charge in [0.25, 0.3) is 11.6 Å². The fourth-order valence-electron chi connectivity index (χ4n) is 3.42. The van der Waals surface area contributed by atoms with Crippen LogP contribution in [-0.2, 0) is 0 Å². The fraction of sp³-hybridized carbons (Fsp3) is 0.174. The van der Waals surface area contributed by atoms with Crippen molar-refractivity contribution in [3.8, 4) is 17.0 Å². The summed E-state index contributed by atoms with van der Waals surface area (Å²) in [6.45, 7) is 3.64. The predicted molar refractivity (Wildman–Crippen MR) is 111 cm³/mol. The molecule has 0 saturated heterocycles. The van der Waals surface area contributed by atoms with Crippen molar-refractivity contribution in [3.05, 3.63) is 77.2 Å². The maximum absolute atomic E-state index is 13.3. The number of ether oxygens (including phenoxy) is 1. The highest BCUT2D eigenvalue weighted by atomic mass is 19.1. The van der Waals surface area contributed by atoms with Crippen molar-refractivity contribution in [1.29, 1.82) is 0 Å². The molecule has 0 saturated carbocycles. The largest absolute Gasteiger partial charge is 0.496 e. The summed E-state index contributed by atoms with van der Waals surface area (Å²) < 4.78 is 24.0. The van der Waals surface area contributed by atoms with Crippen molar-refractivity contribution in [2.45, 2.75) is 19.9 Å². The topological polar surface area (TPSA) is 77.2 Å². The van der Waals surface area contributed by atoms with Gasteiger partial charge in [-0.05, 0) is 50.2 Å². The zero-order valence-electron chi connectivity index (χ0n) is 16.8. The van der Waals surface area contributed by atoms with Gasteiger partial charge in [-0.25, -0.2) is 9.37 Å². The van der Waals surface area contributed by atoms with Crippen molar-refractivity contribution < 1.29 is 18.4 Å². The number of pyridine rings is 1. The van der Waals surface area contributed by atoms with Crippen LogP contribution in [0.5, 0.6) is 5.75 Å². The zero-order chi connectivity index (χ0) is 21.3. The number of rotatable bonds is 5. The zero-order valence-corrected chi connectivity index (χ0v) is 16.8. The van der Waals surface area contributed by atoms with Gasteiger partial charge in [0.15, 0.2) is 0 Å². The van der Waals surface area contributed by atoms with Gasteiger partial charge in [0.1, 0.15) is 11.6 Å². The van der Waals surface area contributed by atoms with E-state index in [1.165, 1.54) is 12.1 Å². The van der Waals surface area contributed by atoms with Crippen LogP contribution in [0.1, 0.15) is 34.6 Å². The number of amides is 1. The monoisotopic (exact) mass is 405 g/mol. The van der Waals surface area contributed by atoms with Crippen molar-refractivity contribution in [3.63, 3.8) is 0 Å². The van der Waals surface area contributed by atoms with Crippen LogP contribution in [0.4, 0.5) is 4.39 Å². The summed E-state index contributed by atoms with van der Waals surface area (Å²) in [5.41, 5.74) is 3.23. The molecule has 2 heterocycles. The lowest BCUT2D eigenvalue weighted by atomic mass is 10.0. The Balaban J connectivity index is 1.74. The lowest BCUT2D eigenvalue weighted by Crippen LogP contribution is -2.27. The number of aromatic nitrogens is 2. The molecule has 30 heavy (non-hydrogen) atoms. The summed E-state index contributed by atoms with van der Waals surface area (Å²) >= 11 is 0. The van der Waals surface area contributed by atoms with Gasteiger partial charge in [0.05, 0.1) is 35.5 Å². The smallest absolute Gasteiger partial charge is 0.259 e. The number of carbonyl (C=O) groups is 1. The van der Waals surface area contributed by atoms with Crippen molar-refractivity contribution >= 4 is 17.0 Å². The van der Waals surface area contributed by atoms with Crippen molar-refractivity contribution in [1.82, 2.24) is 15.5 Å². The highest BCUT2D eigenvalue weighted by molar-refractivity contribution is 6.07. The molecule has 0 aliphatic rings. The first-order valence-electron chi connectivity index (χ1n) is 9.44. The quantitative estimate of drug-likeness (QED) is 0.514. The average molecular weight is 405 g/mol. The summed E-state index contributed by atoms with van der Waals surface area (Å²) in [4.78, 5) is 17.7. The molecular formula is C23H20FN3O3. The molecular weight excluding hydrogens is 385 g/mol. The summed E-state index contributed by atoms with van der Waals surface area (Å²) in [6, 6.07) is 14.8. The van der Waals surface area contributed by atoms with Crippen LogP contribution in [0, 0.1) is 12.7 Å². The van der Waals surface area contributed by atoms with E-state index in [0.717, 1.165) is 5.56 Å². The molecule has 1 N–H and O–H groups in total. The molecule has 0 fully saturated rings. The summed E-state index contributed by atoms with van der Waals surface area (Å²) in [7, 11) is 1.59. The molecule has 0 radical (unpaired) electrons. The van der Waals surface area contributed by atoms with Crippen molar-refractivity contribution in [2.75, 3.05) is 7.11 Å². The van der Waals surface area contributed by atoms with Crippen LogP contribution in [0.2, 0.25) is 0 Å². The molecule has 6 nitrogen and oxygen atoms in total. The Morgan fingerprint density at radius 1 is 1.17 bits per heavy atom. The molecule has 1 atom stereocenters. The SMILES string of the molecule is COc1ccccc1[C@@H](C)NC(=O)c1cc(-c2ccc(F)cc2)nc2onc(C)c12. The van der Waals surface area contributed by atoms with E-state index in [1.54, 1.807) is 32.2 Å². The molecule has 7 heteroatoms. The van der Waals surface area contributed by atoms with Crippen LogP contribution >= 0.6 is 0 Å². The molecule has 0 unspecified atom stereocenters. The third-order valence-corrected chi connectivity index (χ3v) is 4.95. The molecule has 4 rings (SSSR count). The summed E-state index contributed by atoms with van der Waals surface area (Å²) in [5, 5.41) is 7.51. The van der Waals surface area contributed by atoms with E-state index in [4.69, 9.17) is 9.26 Å². The maximum atomic E-state index is 13.3. The second-order valence-corrected chi connectivity index (χ2v) is 6.95. The van der Waals surface area contributed by atoms with Gasteiger partial charge in [-0.1, -0.05) is 23.4 Å². The second-order valence-electron chi connectivity index (χ2n) is 6.95. The third-order valence-electron chi connectivity index (χ3n) is 4.95. The van der Waals surface area contributed by atoms with E-state index in [1.807, 2.05) is 31.2 Å². The summed E-state index contributed by atoms with van der Waals surface area (Å²) in [6.07, 6.45) is 0. The van der Waals surface area contributed by atoms with E-state index < -0.39 is 0 Å². The Kier molecular flexibility index (Phi) is 5.18. The minimum absolute atomic E-state index is 0.254. The van der Waals surface area contributed by atoms with E-state index in [-0.39, 0.29) is 23.5 Å². The lowest BCUT2D eigenvalue weighted by molar-refractivity contribution is 0.0941. The molecule has 1 amide bonds. The molecule has 0 aliphatic heterocycles. The maximum Gasteiger partial charge on any atom is 0.259 e. The minimum Gasteiger partial charge on any atom is -0.496 e. The third kappa shape index (κ3) is 3.61. The van der Waals surface area contributed by atoms with Gasteiger partial charge in [-0.2, -0.15) is 0 Å². The van der Waals surface area contributed by atoms with Crippen LogP contribution in [0.3, 0.4) is 0 Å². The molecule has 2 aromatic heterocycles. The Morgan fingerprint density at radius 2 is 1.90 bits per heavy atom. The highest BCUT2D eigenvalue weighted by Crippen LogP contribution is 2.29. The van der Waals surface area contributed by atoms with Crippen LogP contribution in [0.25, 0.3) is 22.4 Å². The van der Waals surface area contributed by atoms with Crippen LogP contribution in [0.15, 0.2) is 59.1 Å². The van der Waals surface area contributed by atoms with Gasteiger partial charge >= 0.3 is 0 Å². The van der Waals surface area contributed by atoms with E-state index in [2.05, 4.69) is 15.5 Å². The first-order chi connectivity index (χ1) is 14.5. The second kappa shape index (κ2) is 7.94.